The van der Waals surface area contributed by atoms with Crippen LogP contribution >= 0.6 is 0 Å². The second kappa shape index (κ2) is 9.23. The molecule has 140 valence electrons. The van der Waals surface area contributed by atoms with E-state index in [9.17, 15) is 0 Å². The number of benzene rings is 1. The molecule has 4 heteroatoms. The molecule has 1 saturated heterocycles. The predicted octanol–water partition coefficient (Wildman–Crippen LogP) is 3.19. The van der Waals surface area contributed by atoms with Crippen LogP contribution in [0.4, 0.5) is 0 Å². The van der Waals surface area contributed by atoms with Crippen LogP contribution in [-0.4, -0.2) is 49.6 Å². The lowest BCUT2D eigenvalue weighted by atomic mass is 9.97. The van der Waals surface area contributed by atoms with Crippen molar-refractivity contribution in [3.63, 3.8) is 0 Å². The van der Waals surface area contributed by atoms with Crippen LogP contribution in [0.3, 0.4) is 0 Å². The summed E-state index contributed by atoms with van der Waals surface area (Å²) in [7, 11) is 1.86. The highest BCUT2D eigenvalue weighted by Crippen LogP contribution is 2.16. The Bertz CT molecular complexity index is 561. The molecule has 25 heavy (non-hydrogen) atoms. The third kappa shape index (κ3) is 5.74. The van der Waals surface area contributed by atoms with Gasteiger partial charge in [0, 0.05) is 38.8 Å². The van der Waals surface area contributed by atoms with Crippen molar-refractivity contribution in [2.45, 2.75) is 66.0 Å². The lowest BCUT2D eigenvalue weighted by Crippen LogP contribution is -2.50. The first kappa shape index (κ1) is 19.8. The van der Waals surface area contributed by atoms with Gasteiger partial charge in [-0.3, -0.25) is 4.99 Å². The Hall–Kier alpha value is -1.55. The Kier molecular flexibility index (Phi) is 7.30. The van der Waals surface area contributed by atoms with Gasteiger partial charge in [0.15, 0.2) is 5.96 Å². The van der Waals surface area contributed by atoms with Crippen LogP contribution < -0.4 is 10.6 Å². The first-order valence-electron chi connectivity index (χ1n) is 9.68. The highest BCUT2D eigenvalue weighted by molar-refractivity contribution is 5.80. The SMILES string of the molecule is CN=C(NCCc1c(C)cc(C)cc1C)NC1CCN(C(C)C)CC1. The Morgan fingerprint density at radius 2 is 1.76 bits per heavy atom. The van der Waals surface area contributed by atoms with Crippen LogP contribution in [0.2, 0.25) is 0 Å². The van der Waals surface area contributed by atoms with E-state index in [2.05, 4.69) is 67.3 Å². The van der Waals surface area contributed by atoms with Gasteiger partial charge in [-0.05, 0) is 70.6 Å². The van der Waals surface area contributed by atoms with Gasteiger partial charge in [0.25, 0.3) is 0 Å². The molecule has 0 amide bonds. The second-order valence-corrected chi connectivity index (χ2v) is 7.67. The Morgan fingerprint density at radius 3 is 2.28 bits per heavy atom. The third-order valence-electron chi connectivity index (χ3n) is 5.33. The first-order chi connectivity index (χ1) is 11.9. The van der Waals surface area contributed by atoms with Gasteiger partial charge in [0.2, 0.25) is 0 Å². The number of likely N-dealkylation sites (tertiary alicyclic amines) is 1. The number of guanidine groups is 1. The molecule has 1 aromatic rings. The lowest BCUT2D eigenvalue weighted by Gasteiger charge is -2.35. The quantitative estimate of drug-likeness (QED) is 0.636. The minimum Gasteiger partial charge on any atom is -0.356 e. The summed E-state index contributed by atoms with van der Waals surface area (Å²) in [5.41, 5.74) is 5.59. The second-order valence-electron chi connectivity index (χ2n) is 7.67. The maximum absolute atomic E-state index is 4.41. The van der Waals surface area contributed by atoms with E-state index in [1.54, 1.807) is 0 Å². The minimum atomic E-state index is 0.532. The molecular weight excluding hydrogens is 308 g/mol. The van der Waals surface area contributed by atoms with Crippen molar-refractivity contribution in [3.8, 4) is 0 Å². The van der Waals surface area contributed by atoms with E-state index in [-0.39, 0.29) is 0 Å². The number of rotatable bonds is 5. The summed E-state index contributed by atoms with van der Waals surface area (Å²) in [5.74, 6) is 0.936. The van der Waals surface area contributed by atoms with Crippen molar-refractivity contribution in [1.82, 2.24) is 15.5 Å². The predicted molar refractivity (Wildman–Crippen MR) is 109 cm³/mol. The summed E-state index contributed by atoms with van der Waals surface area (Å²) >= 11 is 0. The van der Waals surface area contributed by atoms with Crippen molar-refractivity contribution >= 4 is 5.96 Å². The Labute approximate surface area is 154 Å². The summed E-state index contributed by atoms with van der Waals surface area (Å²) < 4.78 is 0. The molecule has 1 heterocycles. The van der Waals surface area contributed by atoms with Crippen molar-refractivity contribution in [2.24, 2.45) is 4.99 Å². The van der Waals surface area contributed by atoms with Gasteiger partial charge in [-0.2, -0.15) is 0 Å². The maximum atomic E-state index is 4.41. The fourth-order valence-electron chi connectivity index (χ4n) is 3.86. The summed E-state index contributed by atoms with van der Waals surface area (Å²) in [6, 6.07) is 5.74. The third-order valence-corrected chi connectivity index (χ3v) is 5.33. The average Bonchev–Trinajstić information content (AvgIpc) is 2.56. The topological polar surface area (TPSA) is 39.7 Å². The number of hydrogen-bond donors (Lipinski definition) is 2. The number of nitrogens with zero attached hydrogens (tertiary/aromatic N) is 2. The van der Waals surface area contributed by atoms with Crippen LogP contribution in [0, 0.1) is 20.8 Å². The summed E-state index contributed by atoms with van der Waals surface area (Å²) in [4.78, 5) is 6.96. The minimum absolute atomic E-state index is 0.532. The molecule has 0 atom stereocenters. The molecule has 1 aliphatic heterocycles. The molecule has 0 radical (unpaired) electrons. The standard InChI is InChI=1S/C21H36N4/c1-15(2)25-11-8-19(9-12-25)24-21(22-6)23-10-7-20-17(4)13-16(3)14-18(20)5/h13-15,19H,7-12H2,1-6H3,(H2,22,23,24). The highest BCUT2D eigenvalue weighted by Gasteiger charge is 2.21. The smallest absolute Gasteiger partial charge is 0.191 e. The number of nitrogens with one attached hydrogen (secondary N) is 2. The van der Waals surface area contributed by atoms with Crippen molar-refractivity contribution in [3.05, 3.63) is 34.4 Å². The number of piperidine rings is 1. The molecule has 4 nitrogen and oxygen atoms in total. The van der Waals surface area contributed by atoms with E-state index >= 15 is 0 Å². The number of aliphatic imine (C=N–C) groups is 1. The van der Waals surface area contributed by atoms with E-state index in [0.717, 1.165) is 18.9 Å². The largest absolute Gasteiger partial charge is 0.356 e. The zero-order chi connectivity index (χ0) is 18.4. The number of aryl methyl sites for hydroxylation is 3. The molecule has 1 aliphatic rings. The molecular formula is C21H36N4. The molecule has 1 fully saturated rings. The van der Waals surface area contributed by atoms with Crippen LogP contribution in [0.25, 0.3) is 0 Å². The van der Waals surface area contributed by atoms with Crippen LogP contribution in [0.1, 0.15) is 48.9 Å². The van der Waals surface area contributed by atoms with Gasteiger partial charge in [-0.15, -0.1) is 0 Å². The summed E-state index contributed by atoms with van der Waals surface area (Å²) in [5, 5.41) is 7.10. The molecule has 0 spiro atoms. The highest BCUT2D eigenvalue weighted by atomic mass is 15.2. The van der Waals surface area contributed by atoms with E-state index < -0.39 is 0 Å². The van der Waals surface area contributed by atoms with Gasteiger partial charge in [-0.25, -0.2) is 0 Å². The van der Waals surface area contributed by atoms with Crippen molar-refractivity contribution < 1.29 is 0 Å². The zero-order valence-electron chi connectivity index (χ0n) is 16.9. The average molecular weight is 345 g/mol. The van der Waals surface area contributed by atoms with E-state index in [1.807, 2.05) is 7.05 Å². The fraction of sp³-hybridized carbons (Fsp3) is 0.667. The lowest BCUT2D eigenvalue weighted by molar-refractivity contribution is 0.167. The summed E-state index contributed by atoms with van der Waals surface area (Å²) in [6.45, 7) is 14.4. The molecule has 1 aromatic carbocycles. The van der Waals surface area contributed by atoms with Gasteiger partial charge in [-0.1, -0.05) is 17.7 Å². The molecule has 0 aromatic heterocycles. The van der Waals surface area contributed by atoms with E-state index in [4.69, 9.17) is 0 Å². The van der Waals surface area contributed by atoms with Crippen molar-refractivity contribution in [1.29, 1.82) is 0 Å². The monoisotopic (exact) mass is 344 g/mol. The molecule has 2 rings (SSSR count). The first-order valence-corrected chi connectivity index (χ1v) is 9.68. The molecule has 0 saturated carbocycles. The Morgan fingerprint density at radius 1 is 1.16 bits per heavy atom. The van der Waals surface area contributed by atoms with Gasteiger partial charge >= 0.3 is 0 Å². The summed E-state index contributed by atoms with van der Waals surface area (Å²) in [6.07, 6.45) is 3.41. The van der Waals surface area contributed by atoms with E-state index in [0.29, 0.717) is 12.1 Å². The van der Waals surface area contributed by atoms with Gasteiger partial charge < -0.3 is 15.5 Å². The molecule has 0 bridgehead atoms. The maximum Gasteiger partial charge on any atom is 0.191 e. The normalized spacial score (nSPS) is 17.2. The van der Waals surface area contributed by atoms with Gasteiger partial charge in [0.05, 0.1) is 0 Å². The zero-order valence-corrected chi connectivity index (χ0v) is 16.9. The van der Waals surface area contributed by atoms with Crippen molar-refractivity contribution in [2.75, 3.05) is 26.7 Å². The van der Waals surface area contributed by atoms with Crippen LogP contribution in [0.15, 0.2) is 17.1 Å². The Balaban J connectivity index is 1.80. The molecule has 0 unspecified atom stereocenters. The number of hydrogen-bond acceptors (Lipinski definition) is 2. The van der Waals surface area contributed by atoms with Crippen LogP contribution in [-0.2, 0) is 6.42 Å². The van der Waals surface area contributed by atoms with Crippen LogP contribution in [0.5, 0.6) is 0 Å². The molecule has 0 aliphatic carbocycles. The van der Waals surface area contributed by atoms with Gasteiger partial charge in [0.1, 0.15) is 0 Å². The fourth-order valence-corrected chi connectivity index (χ4v) is 3.86. The van der Waals surface area contributed by atoms with E-state index in [1.165, 1.54) is 48.2 Å². The molecule has 2 N–H and O–H groups in total.